The van der Waals surface area contributed by atoms with Crippen LogP contribution in [0.3, 0.4) is 0 Å². The normalized spacial score (nSPS) is 27.3. The molecule has 1 saturated heterocycles. The minimum Gasteiger partial charge on any atom is -0.306 e. The van der Waals surface area contributed by atoms with Gasteiger partial charge in [-0.3, -0.25) is 9.52 Å². The summed E-state index contributed by atoms with van der Waals surface area (Å²) >= 11 is 0. The smallest absolute Gasteiger partial charge is 0.250 e. The van der Waals surface area contributed by atoms with E-state index < -0.39 is 15.9 Å². The molecule has 1 aliphatic heterocycles. The number of sulfonamides is 1. The first kappa shape index (κ1) is 12.4. The maximum Gasteiger partial charge on any atom is 0.250 e. The van der Waals surface area contributed by atoms with Crippen LogP contribution in [-0.4, -0.2) is 32.7 Å². The van der Waals surface area contributed by atoms with Crippen LogP contribution < -0.4 is 10.0 Å². The lowest BCUT2D eigenvalue weighted by molar-refractivity contribution is -0.122. The van der Waals surface area contributed by atoms with Crippen LogP contribution in [0.5, 0.6) is 0 Å². The van der Waals surface area contributed by atoms with Gasteiger partial charge in [-0.1, -0.05) is 6.92 Å². The minimum atomic E-state index is -3.43. The standard InChI is InChI=1S/C9H18N2O3S/c1-3-15(13,14)11-9(12)8-6-7(2)4-5-10-8/h7-8,10H,3-6H2,1-2H3,(H,11,12)/t7-,8-/m1/s1. The number of hydrogen-bond donors (Lipinski definition) is 2. The van der Waals surface area contributed by atoms with E-state index in [1.54, 1.807) is 0 Å². The maximum absolute atomic E-state index is 11.6. The molecule has 6 heteroatoms. The predicted molar refractivity (Wildman–Crippen MR) is 57.8 cm³/mol. The summed E-state index contributed by atoms with van der Waals surface area (Å²) in [5.74, 6) is -0.0317. The lowest BCUT2D eigenvalue weighted by Crippen LogP contribution is -2.50. The van der Waals surface area contributed by atoms with Crippen molar-refractivity contribution < 1.29 is 13.2 Å². The highest BCUT2D eigenvalue weighted by atomic mass is 32.2. The van der Waals surface area contributed by atoms with Crippen LogP contribution >= 0.6 is 0 Å². The van der Waals surface area contributed by atoms with Gasteiger partial charge in [0.15, 0.2) is 0 Å². The van der Waals surface area contributed by atoms with E-state index in [-0.39, 0.29) is 11.8 Å². The van der Waals surface area contributed by atoms with Gasteiger partial charge in [0.05, 0.1) is 11.8 Å². The Kier molecular flexibility index (Phi) is 4.10. The highest BCUT2D eigenvalue weighted by Crippen LogP contribution is 2.15. The lowest BCUT2D eigenvalue weighted by atomic mass is 9.94. The SMILES string of the molecule is CCS(=O)(=O)NC(=O)[C@H]1C[C@H](C)CCN1. The Hall–Kier alpha value is -0.620. The van der Waals surface area contributed by atoms with Gasteiger partial charge in [0.25, 0.3) is 5.91 Å². The minimum absolute atomic E-state index is 0.0684. The molecule has 88 valence electrons. The Labute approximate surface area is 90.7 Å². The summed E-state index contributed by atoms with van der Waals surface area (Å²) in [4.78, 5) is 11.6. The second-order valence-corrected chi connectivity index (χ2v) is 6.02. The molecule has 0 saturated carbocycles. The first-order valence-electron chi connectivity index (χ1n) is 5.22. The van der Waals surface area contributed by atoms with E-state index in [9.17, 15) is 13.2 Å². The van der Waals surface area contributed by atoms with E-state index in [0.717, 1.165) is 13.0 Å². The second kappa shape index (κ2) is 4.94. The fourth-order valence-corrected chi connectivity index (χ4v) is 2.20. The molecule has 1 heterocycles. The van der Waals surface area contributed by atoms with Crippen molar-refractivity contribution in [1.82, 2.24) is 10.0 Å². The summed E-state index contributed by atoms with van der Waals surface area (Å²) < 4.78 is 24.4. The molecule has 1 amide bonds. The van der Waals surface area contributed by atoms with E-state index in [1.807, 2.05) is 0 Å². The number of carbonyl (C=O) groups excluding carboxylic acids is 1. The second-order valence-electron chi connectivity index (χ2n) is 4.01. The van der Waals surface area contributed by atoms with E-state index in [2.05, 4.69) is 17.0 Å². The maximum atomic E-state index is 11.6. The number of hydrogen-bond acceptors (Lipinski definition) is 4. The van der Waals surface area contributed by atoms with Gasteiger partial charge in [0.2, 0.25) is 10.0 Å². The predicted octanol–water partition coefficient (Wildman–Crippen LogP) is -0.160. The molecule has 0 aromatic carbocycles. The highest BCUT2D eigenvalue weighted by molar-refractivity contribution is 7.90. The molecular weight excluding hydrogens is 216 g/mol. The molecule has 2 N–H and O–H groups in total. The third-order valence-electron chi connectivity index (χ3n) is 2.62. The Balaban J connectivity index is 2.53. The van der Waals surface area contributed by atoms with Gasteiger partial charge in [-0.15, -0.1) is 0 Å². The van der Waals surface area contributed by atoms with E-state index in [1.165, 1.54) is 6.92 Å². The number of amides is 1. The van der Waals surface area contributed by atoms with Crippen LogP contribution in [-0.2, 0) is 14.8 Å². The Bertz CT molecular complexity index is 326. The van der Waals surface area contributed by atoms with Crippen molar-refractivity contribution in [3.05, 3.63) is 0 Å². The largest absolute Gasteiger partial charge is 0.306 e. The van der Waals surface area contributed by atoms with Crippen LogP contribution in [0.2, 0.25) is 0 Å². The molecule has 5 nitrogen and oxygen atoms in total. The van der Waals surface area contributed by atoms with Crippen molar-refractivity contribution in [2.75, 3.05) is 12.3 Å². The van der Waals surface area contributed by atoms with E-state index in [4.69, 9.17) is 0 Å². The zero-order chi connectivity index (χ0) is 11.5. The zero-order valence-corrected chi connectivity index (χ0v) is 9.93. The lowest BCUT2D eigenvalue weighted by Gasteiger charge is -2.26. The molecule has 15 heavy (non-hydrogen) atoms. The molecule has 0 aromatic heterocycles. The Morgan fingerprint density at radius 2 is 2.20 bits per heavy atom. The van der Waals surface area contributed by atoms with Crippen LogP contribution in [0.15, 0.2) is 0 Å². The molecule has 0 radical (unpaired) electrons. The van der Waals surface area contributed by atoms with Gasteiger partial charge in [-0.25, -0.2) is 8.42 Å². The van der Waals surface area contributed by atoms with Gasteiger partial charge in [0.1, 0.15) is 0 Å². The molecule has 0 unspecified atom stereocenters. The fraction of sp³-hybridized carbons (Fsp3) is 0.889. The van der Waals surface area contributed by atoms with Crippen molar-refractivity contribution in [2.24, 2.45) is 5.92 Å². The van der Waals surface area contributed by atoms with E-state index >= 15 is 0 Å². The van der Waals surface area contributed by atoms with Gasteiger partial charge in [-0.05, 0) is 32.2 Å². The van der Waals surface area contributed by atoms with Gasteiger partial charge < -0.3 is 5.32 Å². The number of carbonyl (C=O) groups is 1. The number of piperidine rings is 1. The third kappa shape index (κ3) is 3.79. The van der Waals surface area contributed by atoms with Crippen LogP contribution in [0.4, 0.5) is 0 Å². The number of rotatable bonds is 3. The Morgan fingerprint density at radius 3 is 2.73 bits per heavy atom. The van der Waals surface area contributed by atoms with Crippen molar-refractivity contribution in [3.8, 4) is 0 Å². The molecular formula is C9H18N2O3S. The molecule has 1 rings (SSSR count). The van der Waals surface area contributed by atoms with Crippen molar-refractivity contribution in [1.29, 1.82) is 0 Å². The third-order valence-corrected chi connectivity index (χ3v) is 3.89. The molecule has 1 fully saturated rings. The average Bonchev–Trinajstić information content (AvgIpc) is 2.17. The van der Waals surface area contributed by atoms with Crippen molar-refractivity contribution >= 4 is 15.9 Å². The quantitative estimate of drug-likeness (QED) is 0.711. The van der Waals surface area contributed by atoms with Gasteiger partial charge >= 0.3 is 0 Å². The molecule has 2 atom stereocenters. The first-order chi connectivity index (χ1) is 6.94. The molecule has 1 aliphatic rings. The fourth-order valence-electron chi connectivity index (χ4n) is 1.60. The average molecular weight is 234 g/mol. The Morgan fingerprint density at radius 1 is 1.53 bits per heavy atom. The summed E-state index contributed by atoms with van der Waals surface area (Å²) in [5, 5.41) is 3.02. The van der Waals surface area contributed by atoms with Crippen LogP contribution in [0, 0.1) is 5.92 Å². The van der Waals surface area contributed by atoms with Crippen LogP contribution in [0.25, 0.3) is 0 Å². The zero-order valence-electron chi connectivity index (χ0n) is 9.12. The summed E-state index contributed by atoms with van der Waals surface area (Å²) in [6, 6.07) is -0.366. The van der Waals surface area contributed by atoms with Crippen LogP contribution in [0.1, 0.15) is 26.7 Å². The summed E-state index contributed by atoms with van der Waals surface area (Å²) in [7, 11) is -3.43. The van der Waals surface area contributed by atoms with Crippen molar-refractivity contribution in [2.45, 2.75) is 32.7 Å². The van der Waals surface area contributed by atoms with E-state index in [0.29, 0.717) is 12.3 Å². The first-order valence-corrected chi connectivity index (χ1v) is 6.87. The summed E-state index contributed by atoms with van der Waals surface area (Å²) in [6.45, 7) is 4.34. The highest BCUT2D eigenvalue weighted by Gasteiger charge is 2.26. The van der Waals surface area contributed by atoms with Gasteiger partial charge in [0, 0.05) is 0 Å². The topological polar surface area (TPSA) is 75.3 Å². The summed E-state index contributed by atoms with van der Waals surface area (Å²) in [6.07, 6.45) is 1.73. The molecule has 0 aliphatic carbocycles. The van der Waals surface area contributed by atoms with Crippen molar-refractivity contribution in [3.63, 3.8) is 0 Å². The monoisotopic (exact) mass is 234 g/mol. The molecule has 0 aromatic rings. The summed E-state index contributed by atoms with van der Waals surface area (Å²) in [5.41, 5.74) is 0. The van der Waals surface area contributed by atoms with Gasteiger partial charge in [-0.2, -0.15) is 0 Å². The number of nitrogens with one attached hydrogen (secondary N) is 2. The molecule has 0 bridgehead atoms. The molecule has 0 spiro atoms.